The maximum Gasteiger partial charge on any atom is 0.143 e. The van der Waals surface area contributed by atoms with E-state index in [0.717, 1.165) is 38.9 Å². The van der Waals surface area contributed by atoms with Gasteiger partial charge in [-0.25, -0.2) is 15.0 Å². The number of hydrogen-bond donors (Lipinski definition) is 1. The van der Waals surface area contributed by atoms with Crippen LogP contribution in [0.5, 0.6) is 0 Å². The van der Waals surface area contributed by atoms with Crippen molar-refractivity contribution in [1.82, 2.24) is 25.3 Å². The Bertz CT molecular complexity index is 1100. The lowest BCUT2D eigenvalue weighted by Gasteiger charge is -2.24. The van der Waals surface area contributed by atoms with Crippen LogP contribution in [0.3, 0.4) is 0 Å². The largest absolute Gasteiger partial charge is 0.356 e. The van der Waals surface area contributed by atoms with Gasteiger partial charge in [-0.2, -0.15) is 5.26 Å². The molecule has 2 aromatic heterocycles. The van der Waals surface area contributed by atoms with E-state index in [9.17, 15) is 5.26 Å². The van der Waals surface area contributed by atoms with E-state index in [0.29, 0.717) is 13.3 Å². The number of allylic oxidation sites excluding steroid dienone is 2. The molecule has 0 saturated carbocycles. The van der Waals surface area contributed by atoms with Crippen molar-refractivity contribution in [3.05, 3.63) is 70.0 Å². The van der Waals surface area contributed by atoms with Crippen molar-refractivity contribution >= 4 is 21.7 Å². The molecule has 0 bridgehead atoms. The van der Waals surface area contributed by atoms with Gasteiger partial charge in [0.1, 0.15) is 28.0 Å². The zero-order valence-corrected chi connectivity index (χ0v) is 20.1. The molecule has 7 nitrogen and oxygen atoms in total. The van der Waals surface area contributed by atoms with E-state index in [2.05, 4.69) is 45.7 Å². The van der Waals surface area contributed by atoms with E-state index in [4.69, 9.17) is 4.74 Å². The molecule has 168 valence electrons. The van der Waals surface area contributed by atoms with Crippen LogP contribution in [-0.4, -0.2) is 47.8 Å². The molecule has 0 saturated heterocycles. The average molecular weight is 451 g/mol. The molecule has 0 amide bonds. The van der Waals surface area contributed by atoms with E-state index in [1.807, 2.05) is 63.1 Å². The summed E-state index contributed by atoms with van der Waals surface area (Å²) in [5.41, 5.74) is 8.08. The normalized spacial score (nSPS) is 12.8. The minimum absolute atomic E-state index is 0.379. The molecule has 1 atom stereocenters. The number of pyridine rings is 1. The van der Waals surface area contributed by atoms with Crippen LogP contribution in [0.2, 0.25) is 0 Å². The Kier molecular flexibility index (Phi) is 8.31. The van der Waals surface area contributed by atoms with Crippen LogP contribution in [0.15, 0.2) is 48.2 Å². The minimum atomic E-state index is -0.462. The fourth-order valence-electron chi connectivity index (χ4n) is 3.37. The van der Waals surface area contributed by atoms with Gasteiger partial charge in [-0.05, 0) is 44.2 Å². The van der Waals surface area contributed by atoms with Crippen molar-refractivity contribution in [2.24, 2.45) is 0 Å². The molecule has 0 spiro atoms. The second-order valence-corrected chi connectivity index (χ2v) is 8.69. The summed E-state index contributed by atoms with van der Waals surface area (Å²) in [5, 5.41) is 12.7. The molecule has 0 aliphatic rings. The summed E-state index contributed by atoms with van der Waals surface area (Å²) in [6, 6.07) is 14.7. The third-order valence-electron chi connectivity index (χ3n) is 5.20. The number of aryl methyl sites for hydroxylation is 1. The second kappa shape index (κ2) is 11.2. The lowest BCUT2D eigenvalue weighted by Crippen LogP contribution is -2.29. The Labute approximate surface area is 193 Å². The first-order valence-electron chi connectivity index (χ1n) is 10.5. The van der Waals surface area contributed by atoms with E-state index >= 15 is 0 Å². The number of nitrogens with one attached hydrogen (secondary N) is 1. The molecule has 1 aromatic carbocycles. The quantitative estimate of drug-likeness (QED) is 0.367. The molecule has 3 aromatic rings. The molecule has 0 radical (unpaired) electrons. The molecule has 0 aliphatic heterocycles. The molecular weight excluding hydrogens is 420 g/mol. The van der Waals surface area contributed by atoms with Crippen molar-refractivity contribution in [2.75, 3.05) is 27.9 Å². The van der Waals surface area contributed by atoms with Crippen molar-refractivity contribution in [3.8, 4) is 6.07 Å². The summed E-state index contributed by atoms with van der Waals surface area (Å²) in [7, 11) is 5.85. The second-order valence-electron chi connectivity index (χ2n) is 7.68. The van der Waals surface area contributed by atoms with Crippen molar-refractivity contribution in [3.63, 3.8) is 0 Å². The van der Waals surface area contributed by atoms with Gasteiger partial charge in [0.2, 0.25) is 0 Å². The van der Waals surface area contributed by atoms with Gasteiger partial charge in [0.25, 0.3) is 0 Å². The molecule has 0 aliphatic carbocycles. The van der Waals surface area contributed by atoms with Gasteiger partial charge in [-0.1, -0.05) is 41.7 Å². The van der Waals surface area contributed by atoms with Crippen LogP contribution in [-0.2, 0) is 17.9 Å². The predicted octanol–water partition coefficient (Wildman–Crippen LogP) is 4.18. The molecular formula is C24H30N6OS. The first-order valence-corrected chi connectivity index (χ1v) is 11.3. The number of nitriles is 1. The standard InChI is InChI=1S/C24H30N6OS/c1-6-22(20(13-25)23-28-21-12-7-17(2)27-24(21)32-23)29(4)16-31-15-19-10-8-18(9-11-19)14-30(5)26-3/h6-12,20,26H,14-16H2,1-5H3. The lowest BCUT2D eigenvalue weighted by atomic mass is 10.1. The number of thiazole rings is 1. The maximum absolute atomic E-state index is 9.90. The number of likely N-dealkylation sites (N-methyl/N-ethyl adjacent to an activating group) is 1. The maximum atomic E-state index is 9.90. The first kappa shape index (κ1) is 23.8. The summed E-state index contributed by atoms with van der Waals surface area (Å²) in [4.78, 5) is 12.0. The van der Waals surface area contributed by atoms with Gasteiger partial charge in [0.15, 0.2) is 0 Å². The lowest BCUT2D eigenvalue weighted by molar-refractivity contribution is 0.0466. The van der Waals surface area contributed by atoms with Gasteiger partial charge in [-0.3, -0.25) is 5.43 Å². The number of benzene rings is 1. The highest BCUT2D eigenvalue weighted by atomic mass is 32.1. The van der Waals surface area contributed by atoms with E-state index in [-0.39, 0.29) is 0 Å². The van der Waals surface area contributed by atoms with Crippen molar-refractivity contribution in [1.29, 1.82) is 5.26 Å². The molecule has 32 heavy (non-hydrogen) atoms. The van der Waals surface area contributed by atoms with Gasteiger partial charge in [0, 0.05) is 32.0 Å². The number of ether oxygens (including phenoxy) is 1. The minimum Gasteiger partial charge on any atom is -0.356 e. The summed E-state index contributed by atoms with van der Waals surface area (Å²) < 4.78 is 5.94. The third-order valence-corrected chi connectivity index (χ3v) is 6.23. The van der Waals surface area contributed by atoms with Crippen LogP contribution < -0.4 is 5.43 Å². The van der Waals surface area contributed by atoms with Crippen molar-refractivity contribution in [2.45, 2.75) is 32.9 Å². The fraction of sp³-hybridized carbons (Fsp3) is 0.375. The average Bonchev–Trinajstić information content (AvgIpc) is 3.20. The Hall–Kier alpha value is -2.83. The van der Waals surface area contributed by atoms with Crippen LogP contribution in [0, 0.1) is 18.3 Å². The molecule has 0 fully saturated rings. The van der Waals surface area contributed by atoms with E-state index in [1.165, 1.54) is 16.9 Å². The summed E-state index contributed by atoms with van der Waals surface area (Å²) >= 11 is 1.47. The monoisotopic (exact) mass is 450 g/mol. The van der Waals surface area contributed by atoms with Gasteiger partial charge >= 0.3 is 0 Å². The van der Waals surface area contributed by atoms with Crippen molar-refractivity contribution < 1.29 is 4.74 Å². The first-order chi connectivity index (χ1) is 15.4. The summed E-state index contributed by atoms with van der Waals surface area (Å²) in [6.45, 7) is 5.61. The van der Waals surface area contributed by atoms with Crippen LogP contribution in [0.25, 0.3) is 10.3 Å². The molecule has 8 heteroatoms. The topological polar surface area (TPSA) is 77.3 Å². The Balaban J connectivity index is 1.61. The SMILES string of the molecule is CC=C(C(C#N)c1nc2ccc(C)nc2s1)N(C)COCc1ccc(CN(C)NC)cc1. The van der Waals surface area contributed by atoms with Gasteiger partial charge in [0.05, 0.1) is 12.7 Å². The Morgan fingerprint density at radius 2 is 1.91 bits per heavy atom. The van der Waals surface area contributed by atoms with Gasteiger partial charge < -0.3 is 9.64 Å². The molecule has 2 heterocycles. The molecule has 1 N–H and O–H groups in total. The number of fused-ring (bicyclic) bond motifs is 1. The smallest absolute Gasteiger partial charge is 0.143 e. The summed E-state index contributed by atoms with van der Waals surface area (Å²) in [5.74, 6) is -0.462. The number of hydrogen-bond acceptors (Lipinski definition) is 8. The van der Waals surface area contributed by atoms with Crippen LogP contribution in [0.1, 0.15) is 34.7 Å². The van der Waals surface area contributed by atoms with Crippen LogP contribution in [0.4, 0.5) is 0 Å². The fourth-order valence-corrected chi connectivity index (χ4v) is 4.42. The Morgan fingerprint density at radius 1 is 1.19 bits per heavy atom. The van der Waals surface area contributed by atoms with E-state index < -0.39 is 5.92 Å². The molecule has 1 unspecified atom stereocenters. The number of nitrogens with zero attached hydrogens (tertiary/aromatic N) is 5. The van der Waals surface area contributed by atoms with Gasteiger partial charge in [-0.15, -0.1) is 0 Å². The third kappa shape index (κ3) is 5.90. The number of hydrazine groups is 1. The predicted molar refractivity (Wildman–Crippen MR) is 129 cm³/mol. The zero-order valence-electron chi connectivity index (χ0n) is 19.3. The molecule has 3 rings (SSSR count). The highest BCUT2D eigenvalue weighted by Crippen LogP contribution is 2.32. The number of aromatic nitrogens is 2. The van der Waals surface area contributed by atoms with E-state index in [1.54, 1.807) is 0 Å². The Morgan fingerprint density at radius 3 is 2.56 bits per heavy atom. The highest BCUT2D eigenvalue weighted by molar-refractivity contribution is 7.18. The highest BCUT2D eigenvalue weighted by Gasteiger charge is 2.23. The summed E-state index contributed by atoms with van der Waals surface area (Å²) in [6.07, 6.45) is 1.95. The van der Waals surface area contributed by atoms with Crippen LogP contribution >= 0.6 is 11.3 Å². The zero-order chi connectivity index (χ0) is 23.1. The number of rotatable bonds is 10.